The zero-order valence-corrected chi connectivity index (χ0v) is 17.5. The van der Waals surface area contributed by atoms with Crippen molar-refractivity contribution in [2.24, 2.45) is 0 Å². The topological polar surface area (TPSA) is 154 Å². The fourth-order valence-electron chi connectivity index (χ4n) is 4.19. The smallest absolute Gasteiger partial charge is 0.225 e. The Kier molecular flexibility index (Phi) is 5.10. The number of hydrogen-bond acceptors (Lipinski definition) is 10. The highest BCUT2D eigenvalue weighted by atomic mass is 16.6. The van der Waals surface area contributed by atoms with Crippen LogP contribution in [-0.4, -0.2) is 69.2 Å². The van der Waals surface area contributed by atoms with E-state index in [1.807, 2.05) is 24.3 Å². The third-order valence-corrected chi connectivity index (χ3v) is 5.71. The van der Waals surface area contributed by atoms with E-state index < -0.39 is 5.60 Å². The van der Waals surface area contributed by atoms with E-state index >= 15 is 0 Å². The summed E-state index contributed by atoms with van der Waals surface area (Å²) in [6.45, 7) is 2.07. The number of aromatic nitrogens is 4. The molecule has 166 valence electrons. The summed E-state index contributed by atoms with van der Waals surface area (Å²) in [6, 6.07) is 7.74. The number of rotatable bonds is 4. The predicted molar refractivity (Wildman–Crippen MR) is 118 cm³/mol. The Labute approximate surface area is 184 Å². The van der Waals surface area contributed by atoms with Crippen molar-refractivity contribution in [1.82, 2.24) is 24.8 Å². The number of anilines is 3. The van der Waals surface area contributed by atoms with Crippen LogP contribution in [0.2, 0.25) is 0 Å². The monoisotopic (exact) mass is 436 g/mol. The van der Waals surface area contributed by atoms with Crippen LogP contribution in [0, 0.1) is 0 Å². The van der Waals surface area contributed by atoms with Crippen molar-refractivity contribution in [2.75, 3.05) is 49.6 Å². The van der Waals surface area contributed by atoms with Crippen LogP contribution in [0.3, 0.4) is 0 Å². The first kappa shape index (κ1) is 20.2. The summed E-state index contributed by atoms with van der Waals surface area (Å²) >= 11 is 0. The van der Waals surface area contributed by atoms with E-state index in [2.05, 4.69) is 25.3 Å². The molecule has 0 radical (unpaired) electrons. The van der Waals surface area contributed by atoms with Crippen molar-refractivity contribution in [3.8, 4) is 5.88 Å². The number of ether oxygens (including phenoxy) is 2. The molecule has 2 aliphatic rings. The van der Waals surface area contributed by atoms with Gasteiger partial charge in [0.2, 0.25) is 17.7 Å². The molecule has 1 amide bonds. The van der Waals surface area contributed by atoms with Gasteiger partial charge in [0.05, 0.1) is 30.8 Å². The lowest BCUT2D eigenvalue weighted by Crippen LogP contribution is -2.50. The second-order valence-corrected chi connectivity index (χ2v) is 8.00. The summed E-state index contributed by atoms with van der Waals surface area (Å²) in [5.74, 6) is 1.43. The van der Waals surface area contributed by atoms with Crippen molar-refractivity contribution < 1.29 is 14.3 Å². The summed E-state index contributed by atoms with van der Waals surface area (Å²) in [6.07, 6.45) is 2.28. The van der Waals surface area contributed by atoms with Gasteiger partial charge in [-0.25, -0.2) is 9.97 Å². The Morgan fingerprint density at radius 3 is 3.00 bits per heavy atom. The van der Waals surface area contributed by atoms with Crippen molar-refractivity contribution >= 4 is 34.4 Å². The maximum Gasteiger partial charge on any atom is 0.225 e. The number of nitrogens with two attached hydrogens (primary N) is 2. The van der Waals surface area contributed by atoms with Gasteiger partial charge in [0.15, 0.2) is 5.60 Å². The number of amides is 1. The van der Waals surface area contributed by atoms with Crippen LogP contribution in [0.25, 0.3) is 10.9 Å². The van der Waals surface area contributed by atoms with Gasteiger partial charge in [-0.15, -0.1) is 0 Å². The van der Waals surface area contributed by atoms with E-state index in [0.717, 1.165) is 10.9 Å². The first-order valence-electron chi connectivity index (χ1n) is 10.4. The fourth-order valence-corrected chi connectivity index (χ4v) is 4.19. The Morgan fingerprint density at radius 1 is 1.22 bits per heavy atom. The minimum atomic E-state index is -0.749. The molecule has 1 spiro atoms. The molecule has 2 aromatic heterocycles. The van der Waals surface area contributed by atoms with Crippen LogP contribution in [0.15, 0.2) is 30.6 Å². The molecule has 4 heterocycles. The lowest BCUT2D eigenvalue weighted by atomic mass is 9.98. The molecule has 2 aliphatic heterocycles. The number of nitrogens with one attached hydrogen (secondary N) is 1. The van der Waals surface area contributed by atoms with E-state index in [4.69, 9.17) is 20.9 Å². The molecule has 11 heteroatoms. The first-order chi connectivity index (χ1) is 15.5. The van der Waals surface area contributed by atoms with E-state index in [1.54, 1.807) is 4.90 Å². The quantitative estimate of drug-likeness (QED) is 0.530. The molecule has 0 saturated carbocycles. The van der Waals surface area contributed by atoms with Crippen LogP contribution < -0.4 is 21.5 Å². The first-order valence-corrected chi connectivity index (χ1v) is 10.4. The van der Waals surface area contributed by atoms with Crippen molar-refractivity contribution in [1.29, 1.82) is 0 Å². The van der Waals surface area contributed by atoms with Crippen molar-refractivity contribution in [3.63, 3.8) is 0 Å². The molecule has 1 saturated heterocycles. The summed E-state index contributed by atoms with van der Waals surface area (Å²) in [5.41, 5.74) is 12.5. The molecule has 1 fully saturated rings. The van der Waals surface area contributed by atoms with Gasteiger partial charge in [0, 0.05) is 31.3 Å². The normalized spacial score (nSPS) is 20.1. The number of nitrogens with zero attached hydrogens (tertiary/aromatic N) is 5. The number of nitrogen functional groups attached to an aromatic ring is 2. The van der Waals surface area contributed by atoms with Crippen LogP contribution in [0.1, 0.15) is 12.0 Å². The molecule has 5 N–H and O–H groups in total. The minimum absolute atomic E-state index is 0.00105. The predicted octanol–water partition coefficient (Wildman–Crippen LogP) is 0.619. The van der Waals surface area contributed by atoms with E-state index in [9.17, 15) is 4.79 Å². The number of hydrogen-bond donors (Lipinski definition) is 3. The third kappa shape index (κ3) is 3.82. The summed E-state index contributed by atoms with van der Waals surface area (Å²) < 4.78 is 11.9. The Hall–Kier alpha value is -3.73. The molecule has 11 nitrogen and oxygen atoms in total. The molecule has 1 atom stereocenters. The van der Waals surface area contributed by atoms with Crippen LogP contribution in [-0.2, 0) is 16.0 Å². The zero-order chi connectivity index (χ0) is 22.1. The molecule has 0 aliphatic carbocycles. The van der Waals surface area contributed by atoms with E-state index in [1.165, 1.54) is 6.33 Å². The maximum absolute atomic E-state index is 13.0. The largest absolute Gasteiger partial charge is 0.466 e. The third-order valence-electron chi connectivity index (χ3n) is 5.71. The summed E-state index contributed by atoms with van der Waals surface area (Å²) in [4.78, 5) is 31.5. The fraction of sp³-hybridized carbons (Fsp3) is 0.381. The highest BCUT2D eigenvalue weighted by Gasteiger charge is 2.45. The van der Waals surface area contributed by atoms with E-state index in [-0.39, 0.29) is 11.9 Å². The van der Waals surface area contributed by atoms with Gasteiger partial charge in [-0.2, -0.15) is 9.97 Å². The Balaban J connectivity index is 1.24. The van der Waals surface area contributed by atoms with Gasteiger partial charge >= 0.3 is 0 Å². The minimum Gasteiger partial charge on any atom is -0.466 e. The molecule has 0 bridgehead atoms. The average molecular weight is 436 g/mol. The van der Waals surface area contributed by atoms with Crippen molar-refractivity contribution in [3.05, 3.63) is 36.2 Å². The summed E-state index contributed by atoms with van der Waals surface area (Å²) in [5, 5.41) is 4.17. The second kappa shape index (κ2) is 8.08. The number of carbonyl (C=O) groups is 1. The molecule has 3 aromatic rings. The van der Waals surface area contributed by atoms with Crippen LogP contribution in [0.5, 0.6) is 5.88 Å². The lowest BCUT2D eigenvalue weighted by molar-refractivity contribution is -0.132. The lowest BCUT2D eigenvalue weighted by Gasteiger charge is -2.31. The zero-order valence-electron chi connectivity index (χ0n) is 17.5. The van der Waals surface area contributed by atoms with Gasteiger partial charge in [0.1, 0.15) is 18.0 Å². The van der Waals surface area contributed by atoms with Crippen LogP contribution >= 0.6 is 0 Å². The summed E-state index contributed by atoms with van der Waals surface area (Å²) in [7, 11) is 0. The van der Waals surface area contributed by atoms with E-state index in [0.29, 0.717) is 68.8 Å². The second-order valence-electron chi connectivity index (χ2n) is 8.00. The van der Waals surface area contributed by atoms with Gasteiger partial charge in [-0.1, -0.05) is 12.1 Å². The number of benzene rings is 1. The molecular weight excluding hydrogens is 412 g/mol. The molecule has 1 aromatic carbocycles. The Morgan fingerprint density at radius 2 is 2.09 bits per heavy atom. The van der Waals surface area contributed by atoms with Gasteiger partial charge in [-0.3, -0.25) is 4.79 Å². The maximum atomic E-state index is 13.0. The van der Waals surface area contributed by atoms with Gasteiger partial charge in [0.25, 0.3) is 0 Å². The number of para-hydroxylation sites is 1. The molecular formula is C21H24N8O3. The van der Waals surface area contributed by atoms with Crippen LogP contribution in [0.4, 0.5) is 17.6 Å². The van der Waals surface area contributed by atoms with Crippen molar-refractivity contribution in [2.45, 2.75) is 18.4 Å². The highest BCUT2D eigenvalue weighted by Crippen LogP contribution is 2.38. The Bertz CT molecular complexity index is 1170. The standard InChI is InChI=1S/C21H24N8O3/c22-17-14-9-21(32-19(14)28-20(23)27-17)10-29(7-8-31-11-21)16(30)5-6-24-18-13-3-1-2-4-15(13)25-12-26-18/h1-4,12H,5-11H2,(H,24,25,26)(H4,22,23,27,28)/t21-/m1/s1. The number of carbonyl (C=O) groups excluding carboxylic acids is 1. The van der Waals surface area contributed by atoms with Gasteiger partial charge < -0.3 is 31.2 Å². The molecule has 5 rings (SSSR count). The SMILES string of the molecule is Nc1nc(N)c2c(n1)O[C@]1(COCCN(C(=O)CCNc3ncnc4ccccc34)C1)C2. The molecule has 0 unspecified atom stereocenters. The highest BCUT2D eigenvalue weighted by molar-refractivity contribution is 5.88. The van der Waals surface area contributed by atoms with Gasteiger partial charge in [-0.05, 0) is 12.1 Å². The molecule has 32 heavy (non-hydrogen) atoms. The number of fused-ring (bicyclic) bond motifs is 2. The average Bonchev–Trinajstić information content (AvgIpc) is 3.00.